The maximum Gasteiger partial charge on any atom is 0.0403 e. The number of pyridine rings is 1. The van der Waals surface area contributed by atoms with Crippen molar-refractivity contribution < 1.29 is 0 Å². The van der Waals surface area contributed by atoms with Crippen LogP contribution in [0.25, 0.3) is 0 Å². The second kappa shape index (κ2) is 12.9. The second-order valence-electron chi connectivity index (χ2n) is 5.30. The number of hydrogen-bond donors (Lipinski definition) is 0. The molecule has 19 heavy (non-hydrogen) atoms. The third kappa shape index (κ3) is 10.3. The molecule has 2 heteroatoms. The molecule has 0 aliphatic rings. The third-order valence-electron chi connectivity index (χ3n) is 3.54. The van der Waals surface area contributed by atoms with Crippen molar-refractivity contribution in [3.8, 4) is 0 Å². The lowest BCUT2D eigenvalue weighted by Crippen LogP contribution is -1.89. The SMILES string of the molecule is ICCCCCCCCCCCCc1ccccn1. The van der Waals surface area contributed by atoms with Crippen LogP contribution < -0.4 is 0 Å². The highest BCUT2D eigenvalue weighted by Gasteiger charge is 1.95. The number of aryl methyl sites for hydroxylation is 1. The summed E-state index contributed by atoms with van der Waals surface area (Å²) in [7, 11) is 0. The molecule has 1 aromatic heterocycles. The Kier molecular flexibility index (Phi) is 11.5. The number of nitrogens with zero attached hydrogens (tertiary/aromatic N) is 1. The Balaban J connectivity index is 1.79. The van der Waals surface area contributed by atoms with Crippen molar-refractivity contribution in [2.45, 2.75) is 70.6 Å². The zero-order valence-corrected chi connectivity index (χ0v) is 14.3. The lowest BCUT2D eigenvalue weighted by atomic mass is 10.1. The topological polar surface area (TPSA) is 12.9 Å². The minimum absolute atomic E-state index is 1.15. The van der Waals surface area contributed by atoms with Gasteiger partial charge in [-0.15, -0.1) is 0 Å². The van der Waals surface area contributed by atoms with Crippen LogP contribution in [0.15, 0.2) is 24.4 Å². The summed E-state index contributed by atoms with van der Waals surface area (Å²) in [6.45, 7) is 0. The third-order valence-corrected chi connectivity index (χ3v) is 4.31. The van der Waals surface area contributed by atoms with E-state index in [4.69, 9.17) is 0 Å². The van der Waals surface area contributed by atoms with E-state index in [1.165, 1.54) is 74.3 Å². The van der Waals surface area contributed by atoms with Crippen LogP contribution in [0.3, 0.4) is 0 Å². The van der Waals surface area contributed by atoms with Crippen molar-refractivity contribution in [1.82, 2.24) is 4.98 Å². The Bertz CT molecular complexity index is 287. The molecule has 0 aliphatic carbocycles. The van der Waals surface area contributed by atoms with Gasteiger partial charge in [-0.05, 0) is 35.8 Å². The summed E-state index contributed by atoms with van der Waals surface area (Å²) in [4.78, 5) is 4.36. The number of hydrogen-bond acceptors (Lipinski definition) is 1. The zero-order chi connectivity index (χ0) is 13.6. The predicted octanol–water partition coefficient (Wildman–Crippen LogP) is 5.96. The van der Waals surface area contributed by atoms with Gasteiger partial charge in [0.1, 0.15) is 0 Å². The van der Waals surface area contributed by atoms with Gasteiger partial charge >= 0.3 is 0 Å². The van der Waals surface area contributed by atoms with Gasteiger partial charge in [-0.2, -0.15) is 0 Å². The molecule has 0 aliphatic heterocycles. The second-order valence-corrected chi connectivity index (χ2v) is 6.37. The highest BCUT2D eigenvalue weighted by Crippen LogP contribution is 2.12. The van der Waals surface area contributed by atoms with Crippen molar-refractivity contribution in [3.05, 3.63) is 30.1 Å². The Hall–Kier alpha value is -0.120. The van der Waals surface area contributed by atoms with E-state index in [1.54, 1.807) is 0 Å². The molecule has 1 nitrogen and oxygen atoms in total. The van der Waals surface area contributed by atoms with Crippen molar-refractivity contribution in [2.24, 2.45) is 0 Å². The number of aromatic nitrogens is 1. The fraction of sp³-hybridized carbons (Fsp3) is 0.706. The first-order valence-electron chi connectivity index (χ1n) is 7.89. The first-order valence-corrected chi connectivity index (χ1v) is 9.42. The molecule has 0 fully saturated rings. The normalized spacial score (nSPS) is 10.8. The van der Waals surface area contributed by atoms with Crippen LogP contribution in [0, 0.1) is 0 Å². The van der Waals surface area contributed by atoms with Gasteiger partial charge in [-0.1, -0.05) is 80.0 Å². The lowest BCUT2D eigenvalue weighted by Gasteiger charge is -2.02. The molecule has 0 saturated carbocycles. The molecule has 0 unspecified atom stereocenters. The van der Waals surface area contributed by atoms with E-state index in [1.807, 2.05) is 12.3 Å². The van der Waals surface area contributed by atoms with Gasteiger partial charge in [0.15, 0.2) is 0 Å². The van der Waals surface area contributed by atoms with Crippen LogP contribution in [0.4, 0.5) is 0 Å². The molecule has 0 saturated heterocycles. The average molecular weight is 373 g/mol. The van der Waals surface area contributed by atoms with E-state index in [9.17, 15) is 0 Å². The van der Waals surface area contributed by atoms with Gasteiger partial charge in [0.2, 0.25) is 0 Å². The van der Waals surface area contributed by atoms with Crippen LogP contribution in [-0.2, 0) is 6.42 Å². The molecule has 108 valence electrons. The molecular formula is C17H28IN. The van der Waals surface area contributed by atoms with Gasteiger partial charge in [-0.3, -0.25) is 4.98 Å². The van der Waals surface area contributed by atoms with Gasteiger partial charge < -0.3 is 0 Å². The molecule has 0 aromatic carbocycles. The van der Waals surface area contributed by atoms with Crippen LogP contribution in [0.5, 0.6) is 0 Å². The van der Waals surface area contributed by atoms with Crippen LogP contribution >= 0.6 is 22.6 Å². The Morgan fingerprint density at radius 3 is 1.84 bits per heavy atom. The van der Waals surface area contributed by atoms with Gasteiger partial charge in [0, 0.05) is 11.9 Å². The number of halogens is 1. The van der Waals surface area contributed by atoms with E-state index < -0.39 is 0 Å². The van der Waals surface area contributed by atoms with E-state index in [-0.39, 0.29) is 0 Å². The largest absolute Gasteiger partial charge is 0.261 e. The Morgan fingerprint density at radius 1 is 0.737 bits per heavy atom. The quantitative estimate of drug-likeness (QED) is 0.250. The summed E-state index contributed by atoms with van der Waals surface area (Å²) < 4.78 is 1.33. The summed E-state index contributed by atoms with van der Waals surface area (Å²) in [5, 5.41) is 0. The Morgan fingerprint density at radius 2 is 1.32 bits per heavy atom. The first kappa shape index (κ1) is 16.9. The summed E-state index contributed by atoms with van der Waals surface area (Å²) in [6, 6.07) is 6.21. The highest BCUT2D eigenvalue weighted by atomic mass is 127. The number of rotatable bonds is 12. The number of alkyl halides is 1. The molecule has 0 spiro atoms. The van der Waals surface area contributed by atoms with Crippen molar-refractivity contribution in [1.29, 1.82) is 0 Å². The Labute approximate surface area is 132 Å². The maximum atomic E-state index is 4.36. The average Bonchev–Trinajstić information content (AvgIpc) is 2.46. The minimum atomic E-state index is 1.15. The molecule has 1 aromatic rings. The molecule has 1 heterocycles. The van der Waals surface area contributed by atoms with Crippen molar-refractivity contribution in [3.63, 3.8) is 0 Å². The lowest BCUT2D eigenvalue weighted by molar-refractivity contribution is 0.556. The molecule has 0 radical (unpaired) electrons. The summed E-state index contributed by atoms with van der Waals surface area (Å²) >= 11 is 2.47. The zero-order valence-electron chi connectivity index (χ0n) is 12.1. The maximum absolute atomic E-state index is 4.36. The predicted molar refractivity (Wildman–Crippen MR) is 93.0 cm³/mol. The molecule has 0 bridgehead atoms. The van der Waals surface area contributed by atoms with Gasteiger partial charge in [0.25, 0.3) is 0 Å². The first-order chi connectivity index (χ1) is 9.43. The van der Waals surface area contributed by atoms with Crippen molar-refractivity contribution >= 4 is 22.6 Å². The van der Waals surface area contributed by atoms with Crippen LogP contribution in [-0.4, -0.2) is 9.41 Å². The summed E-state index contributed by atoms with van der Waals surface area (Å²) in [6.07, 6.45) is 17.2. The summed E-state index contributed by atoms with van der Waals surface area (Å²) in [5.74, 6) is 0. The van der Waals surface area contributed by atoms with E-state index in [2.05, 4.69) is 39.7 Å². The molecule has 0 N–H and O–H groups in total. The fourth-order valence-electron chi connectivity index (χ4n) is 2.36. The summed E-state index contributed by atoms with van der Waals surface area (Å²) in [5.41, 5.74) is 1.25. The molecule has 1 rings (SSSR count). The van der Waals surface area contributed by atoms with E-state index >= 15 is 0 Å². The van der Waals surface area contributed by atoms with E-state index in [0.29, 0.717) is 0 Å². The van der Waals surface area contributed by atoms with Crippen LogP contribution in [0.2, 0.25) is 0 Å². The number of unbranched alkanes of at least 4 members (excludes halogenated alkanes) is 9. The van der Waals surface area contributed by atoms with Crippen molar-refractivity contribution in [2.75, 3.05) is 4.43 Å². The fourth-order valence-corrected chi connectivity index (χ4v) is 2.90. The highest BCUT2D eigenvalue weighted by molar-refractivity contribution is 14.1. The van der Waals surface area contributed by atoms with Gasteiger partial charge in [-0.25, -0.2) is 0 Å². The molecule has 0 amide bonds. The monoisotopic (exact) mass is 373 g/mol. The smallest absolute Gasteiger partial charge is 0.0403 e. The van der Waals surface area contributed by atoms with Crippen LogP contribution in [0.1, 0.15) is 69.9 Å². The molecular weight excluding hydrogens is 345 g/mol. The molecule has 0 atom stereocenters. The van der Waals surface area contributed by atoms with E-state index in [0.717, 1.165) is 6.42 Å². The van der Waals surface area contributed by atoms with Gasteiger partial charge in [0.05, 0.1) is 0 Å². The standard InChI is InChI=1S/C17H28IN/c18-15-11-8-6-4-2-1-3-5-7-9-13-17-14-10-12-16-19-17/h10,12,14,16H,1-9,11,13,15H2. The minimum Gasteiger partial charge on any atom is -0.261 e.